The Labute approximate surface area is 189 Å². The number of hydrogen-bond donors (Lipinski definition) is 1. The van der Waals surface area contributed by atoms with Gasteiger partial charge in [-0.3, -0.25) is 9.60 Å². The molecule has 0 fully saturated rings. The van der Waals surface area contributed by atoms with Gasteiger partial charge in [0.2, 0.25) is 0 Å². The van der Waals surface area contributed by atoms with Crippen LogP contribution in [0.15, 0.2) is 70.7 Å². The Morgan fingerprint density at radius 3 is 2.56 bits per heavy atom. The highest BCUT2D eigenvalue weighted by Gasteiger charge is 2.33. The first-order valence-electron chi connectivity index (χ1n) is 11.0. The molecule has 1 atom stereocenters. The van der Waals surface area contributed by atoms with Crippen LogP contribution >= 0.6 is 0 Å². The van der Waals surface area contributed by atoms with E-state index < -0.39 is 16.3 Å². The lowest BCUT2D eigenvalue weighted by atomic mass is 10.0. The summed E-state index contributed by atoms with van der Waals surface area (Å²) < 4.78 is 36.7. The second-order valence-corrected chi connectivity index (χ2v) is 9.52. The van der Waals surface area contributed by atoms with Gasteiger partial charge in [-0.05, 0) is 48.9 Å². The molecule has 1 aliphatic heterocycles. The van der Waals surface area contributed by atoms with E-state index >= 15 is 0 Å². The molecule has 0 radical (unpaired) electrons. The lowest BCUT2D eigenvalue weighted by Gasteiger charge is -2.13. The van der Waals surface area contributed by atoms with Gasteiger partial charge in [0.25, 0.3) is 0 Å². The molecule has 1 N–H and O–H groups in total. The summed E-state index contributed by atoms with van der Waals surface area (Å²) in [6, 6.07) is 18.2. The van der Waals surface area contributed by atoms with Gasteiger partial charge in [-0.25, -0.2) is 0 Å². The van der Waals surface area contributed by atoms with E-state index in [2.05, 4.69) is 17.4 Å². The lowest BCUT2D eigenvalue weighted by Crippen LogP contribution is -2.38. The zero-order valence-electron chi connectivity index (χ0n) is 18.4. The second-order valence-electron chi connectivity index (χ2n) is 7.99. The Hall–Kier alpha value is -2.90. The van der Waals surface area contributed by atoms with E-state index in [1.807, 2.05) is 43.3 Å². The first-order chi connectivity index (χ1) is 15.5. The van der Waals surface area contributed by atoms with Crippen LogP contribution < -0.4 is 10.1 Å². The fourth-order valence-electron chi connectivity index (χ4n) is 3.78. The minimum absolute atomic E-state index is 0.0635. The highest BCUT2D eigenvalue weighted by Crippen LogP contribution is 2.35. The van der Waals surface area contributed by atoms with Crippen LogP contribution in [-0.2, 0) is 14.4 Å². The molecule has 1 heterocycles. The Bertz CT molecular complexity index is 1220. The van der Waals surface area contributed by atoms with Crippen molar-refractivity contribution in [1.82, 2.24) is 5.32 Å². The van der Waals surface area contributed by atoms with Gasteiger partial charge >= 0.3 is 10.1 Å². The molecule has 0 aliphatic carbocycles. The number of aryl methyl sites for hydroxylation is 1. The van der Waals surface area contributed by atoms with Crippen molar-refractivity contribution in [2.24, 2.45) is 5.16 Å². The monoisotopic (exact) mass is 452 g/mol. The molecule has 0 amide bonds. The summed E-state index contributed by atoms with van der Waals surface area (Å²) in [5.41, 5.74) is 2.16. The molecule has 0 spiro atoms. The van der Waals surface area contributed by atoms with Crippen molar-refractivity contribution >= 4 is 26.6 Å². The SMILES string of the molecule is CCCCCCNC1Oc2ccc3ccccc3c2/C1=N/OS(=O)(=O)c1ccc(C)cc1. The quantitative estimate of drug-likeness (QED) is 0.359. The van der Waals surface area contributed by atoms with Crippen LogP contribution in [0.2, 0.25) is 0 Å². The number of nitrogens with one attached hydrogen (secondary N) is 1. The molecule has 0 bridgehead atoms. The number of benzene rings is 3. The van der Waals surface area contributed by atoms with Gasteiger partial charge < -0.3 is 4.74 Å². The van der Waals surface area contributed by atoms with Gasteiger partial charge in [-0.1, -0.05) is 79.4 Å². The van der Waals surface area contributed by atoms with Crippen molar-refractivity contribution in [3.8, 4) is 5.75 Å². The first kappa shape index (κ1) is 22.3. The topological polar surface area (TPSA) is 77.0 Å². The summed E-state index contributed by atoms with van der Waals surface area (Å²) in [5, 5.41) is 9.44. The predicted molar refractivity (Wildman–Crippen MR) is 126 cm³/mol. The number of unbranched alkanes of at least 4 members (excludes halogenated alkanes) is 3. The van der Waals surface area contributed by atoms with Crippen molar-refractivity contribution in [2.75, 3.05) is 6.54 Å². The summed E-state index contributed by atoms with van der Waals surface area (Å²) >= 11 is 0. The molecule has 0 aromatic heterocycles. The summed E-state index contributed by atoms with van der Waals surface area (Å²) in [5.74, 6) is 0.657. The minimum atomic E-state index is -4.05. The molecule has 1 unspecified atom stereocenters. The minimum Gasteiger partial charge on any atom is -0.469 e. The normalized spacial score (nSPS) is 16.8. The number of hydrogen-bond acceptors (Lipinski definition) is 6. The molecular formula is C25H28N2O4S. The number of oxime groups is 1. The average Bonchev–Trinajstić information content (AvgIpc) is 3.16. The highest BCUT2D eigenvalue weighted by atomic mass is 32.2. The van der Waals surface area contributed by atoms with Crippen LogP contribution in [0.25, 0.3) is 10.8 Å². The van der Waals surface area contributed by atoms with Crippen LogP contribution in [0.4, 0.5) is 0 Å². The van der Waals surface area contributed by atoms with Crippen molar-refractivity contribution in [1.29, 1.82) is 0 Å². The summed E-state index contributed by atoms with van der Waals surface area (Å²) in [4.78, 5) is 0.0635. The molecule has 1 aliphatic rings. The first-order valence-corrected chi connectivity index (χ1v) is 12.4. The zero-order valence-corrected chi connectivity index (χ0v) is 19.2. The molecule has 3 aromatic rings. The summed E-state index contributed by atoms with van der Waals surface area (Å²) in [6.45, 7) is 4.80. The maximum Gasteiger partial charge on any atom is 0.358 e. The average molecular weight is 453 g/mol. The van der Waals surface area contributed by atoms with Crippen LogP contribution in [0, 0.1) is 6.92 Å². The number of rotatable bonds is 9. The van der Waals surface area contributed by atoms with Crippen LogP contribution in [0.5, 0.6) is 5.75 Å². The second kappa shape index (κ2) is 9.71. The van der Waals surface area contributed by atoms with E-state index in [0.717, 1.165) is 47.7 Å². The van der Waals surface area contributed by atoms with Gasteiger partial charge in [-0.15, -0.1) is 0 Å². The zero-order chi connectivity index (χ0) is 22.6. The fraction of sp³-hybridized carbons (Fsp3) is 0.320. The largest absolute Gasteiger partial charge is 0.469 e. The molecular weight excluding hydrogens is 424 g/mol. The third-order valence-electron chi connectivity index (χ3n) is 5.54. The summed E-state index contributed by atoms with van der Waals surface area (Å²) in [6.07, 6.45) is 3.88. The van der Waals surface area contributed by atoms with Crippen LogP contribution in [-0.4, -0.2) is 26.9 Å². The van der Waals surface area contributed by atoms with E-state index in [4.69, 9.17) is 9.02 Å². The Morgan fingerprint density at radius 1 is 1.00 bits per heavy atom. The molecule has 168 valence electrons. The molecule has 6 nitrogen and oxygen atoms in total. The standard InChI is InChI=1S/C25H28N2O4S/c1-3-4-5-8-17-26-25-24(27-31-32(28,29)20-14-11-18(2)12-15-20)23-21-10-7-6-9-19(21)13-16-22(23)30-25/h6-7,9-16,25-26H,3-5,8,17H2,1-2H3/b27-24-. The van der Waals surface area contributed by atoms with Gasteiger partial charge in [0, 0.05) is 0 Å². The fourth-order valence-corrected chi connectivity index (χ4v) is 4.52. The third-order valence-corrected chi connectivity index (χ3v) is 6.66. The number of nitrogens with zero attached hydrogens (tertiary/aromatic N) is 1. The number of fused-ring (bicyclic) bond motifs is 3. The third kappa shape index (κ3) is 4.79. The Morgan fingerprint density at radius 2 is 1.78 bits per heavy atom. The number of ether oxygens (including phenoxy) is 1. The van der Waals surface area contributed by atoms with E-state index in [0.29, 0.717) is 11.5 Å². The van der Waals surface area contributed by atoms with Gasteiger partial charge in [0.15, 0.2) is 6.23 Å². The van der Waals surface area contributed by atoms with Crippen molar-refractivity contribution < 1.29 is 17.4 Å². The highest BCUT2D eigenvalue weighted by molar-refractivity contribution is 7.86. The van der Waals surface area contributed by atoms with Crippen molar-refractivity contribution in [3.63, 3.8) is 0 Å². The maximum absolute atomic E-state index is 12.7. The van der Waals surface area contributed by atoms with Crippen molar-refractivity contribution in [3.05, 3.63) is 71.8 Å². The van der Waals surface area contributed by atoms with Gasteiger partial charge in [0.05, 0.1) is 5.56 Å². The van der Waals surface area contributed by atoms with Crippen molar-refractivity contribution in [2.45, 2.75) is 50.7 Å². The summed E-state index contributed by atoms with van der Waals surface area (Å²) in [7, 11) is -4.05. The predicted octanol–water partition coefficient (Wildman–Crippen LogP) is 5.15. The van der Waals surface area contributed by atoms with Crippen LogP contribution in [0.1, 0.15) is 43.7 Å². The van der Waals surface area contributed by atoms with Gasteiger partial charge in [-0.2, -0.15) is 8.42 Å². The van der Waals surface area contributed by atoms with Crippen LogP contribution in [0.3, 0.4) is 0 Å². The smallest absolute Gasteiger partial charge is 0.358 e. The molecule has 3 aromatic carbocycles. The van der Waals surface area contributed by atoms with E-state index in [1.165, 1.54) is 18.6 Å². The molecule has 4 rings (SSSR count). The molecule has 7 heteroatoms. The lowest BCUT2D eigenvalue weighted by molar-refractivity contribution is 0.236. The van der Waals surface area contributed by atoms with E-state index in [9.17, 15) is 8.42 Å². The molecule has 0 saturated carbocycles. The van der Waals surface area contributed by atoms with E-state index in [1.54, 1.807) is 12.1 Å². The molecule has 0 saturated heterocycles. The van der Waals surface area contributed by atoms with E-state index in [-0.39, 0.29) is 4.90 Å². The molecule has 32 heavy (non-hydrogen) atoms. The Balaban J connectivity index is 1.65. The maximum atomic E-state index is 12.7. The Kier molecular flexibility index (Phi) is 6.77. The van der Waals surface area contributed by atoms with Gasteiger partial charge in [0.1, 0.15) is 16.4 Å².